The topological polar surface area (TPSA) is 83.6 Å². The Kier molecular flexibility index (Phi) is 15.1. The Morgan fingerprint density at radius 1 is 0.900 bits per heavy atom. The second-order valence-corrected chi connectivity index (χ2v) is 10.9. The van der Waals surface area contributed by atoms with Crippen molar-refractivity contribution in [2.75, 3.05) is 13.2 Å². The van der Waals surface area contributed by atoms with E-state index in [-0.39, 0.29) is 17.0 Å². The van der Waals surface area contributed by atoms with Crippen LogP contribution in [-0.4, -0.2) is 22.7 Å². The van der Waals surface area contributed by atoms with Crippen LogP contribution in [0.2, 0.25) is 0 Å². The third kappa shape index (κ3) is 10.8. The zero-order valence-electron chi connectivity index (χ0n) is 25.4. The van der Waals surface area contributed by atoms with E-state index in [1.165, 1.54) is 42.5 Å². The molecule has 0 amide bonds. The van der Waals surface area contributed by atoms with Gasteiger partial charge in [0.05, 0.1) is 17.0 Å². The van der Waals surface area contributed by atoms with E-state index in [1.54, 1.807) is 10.6 Å². The standard InChI is InChI=1S/C33H50N2O5/c1-6-8-10-12-13-14-22-34-30-25-28(35(37)38)19-20-29(30)31(32(33(34)36)39-23-15-11-9-7-2)40-24-21-27(5)18-16-17-26(3)4/h17,19-21,25H,6-16,18,22-24H2,1-5H3. The van der Waals surface area contributed by atoms with Crippen molar-refractivity contribution in [1.82, 2.24) is 4.57 Å². The largest absolute Gasteiger partial charge is 0.485 e. The number of nitro groups is 1. The van der Waals surface area contributed by atoms with Gasteiger partial charge in [0.25, 0.3) is 11.2 Å². The summed E-state index contributed by atoms with van der Waals surface area (Å²) in [5.41, 5.74) is 2.70. The Morgan fingerprint density at radius 3 is 2.25 bits per heavy atom. The third-order valence-corrected chi connectivity index (χ3v) is 7.10. The number of non-ortho nitro benzene ring substituents is 1. The average Bonchev–Trinajstić information content (AvgIpc) is 2.92. The number of nitro benzene ring substituents is 1. The van der Waals surface area contributed by atoms with Gasteiger partial charge in [0.1, 0.15) is 6.61 Å². The van der Waals surface area contributed by atoms with Gasteiger partial charge in [-0.3, -0.25) is 14.9 Å². The molecule has 0 N–H and O–H groups in total. The van der Waals surface area contributed by atoms with Gasteiger partial charge in [-0.2, -0.15) is 0 Å². The molecule has 7 nitrogen and oxygen atoms in total. The summed E-state index contributed by atoms with van der Waals surface area (Å²) in [6.07, 6.45) is 16.8. The highest BCUT2D eigenvalue weighted by Crippen LogP contribution is 2.35. The summed E-state index contributed by atoms with van der Waals surface area (Å²) in [5, 5.41) is 12.3. The van der Waals surface area contributed by atoms with Crippen molar-refractivity contribution in [3.05, 3.63) is 62.0 Å². The van der Waals surface area contributed by atoms with Gasteiger partial charge in [-0.25, -0.2) is 0 Å². The molecule has 1 aromatic heterocycles. The predicted molar refractivity (Wildman–Crippen MR) is 166 cm³/mol. The third-order valence-electron chi connectivity index (χ3n) is 7.10. The number of rotatable bonds is 20. The molecule has 222 valence electrons. The summed E-state index contributed by atoms with van der Waals surface area (Å²) in [6.45, 7) is 11.8. The molecule has 0 saturated heterocycles. The van der Waals surface area contributed by atoms with Crippen molar-refractivity contribution >= 4 is 16.6 Å². The summed E-state index contributed by atoms with van der Waals surface area (Å²) in [7, 11) is 0. The average molecular weight is 555 g/mol. The second-order valence-electron chi connectivity index (χ2n) is 10.9. The van der Waals surface area contributed by atoms with Gasteiger partial charge in [-0.15, -0.1) is 0 Å². The lowest BCUT2D eigenvalue weighted by molar-refractivity contribution is -0.384. The van der Waals surface area contributed by atoms with Crippen LogP contribution in [0.15, 0.2) is 46.3 Å². The van der Waals surface area contributed by atoms with Gasteiger partial charge in [-0.05, 0) is 58.6 Å². The monoisotopic (exact) mass is 554 g/mol. The molecule has 0 atom stereocenters. The van der Waals surface area contributed by atoms with E-state index in [9.17, 15) is 14.9 Å². The fraction of sp³-hybridized carbons (Fsp3) is 0.606. The Bertz CT molecular complexity index is 1190. The molecule has 0 fully saturated rings. The molecule has 2 rings (SSSR count). The van der Waals surface area contributed by atoms with E-state index in [2.05, 4.69) is 40.7 Å². The highest BCUT2D eigenvalue weighted by Gasteiger charge is 2.22. The summed E-state index contributed by atoms with van der Waals surface area (Å²) in [6, 6.07) is 4.65. The fourth-order valence-electron chi connectivity index (χ4n) is 4.70. The summed E-state index contributed by atoms with van der Waals surface area (Å²) >= 11 is 0. The van der Waals surface area contributed by atoms with Crippen molar-refractivity contribution in [3.63, 3.8) is 0 Å². The first kappa shape index (κ1) is 33.1. The number of ether oxygens (including phenoxy) is 2. The normalized spacial score (nSPS) is 11.6. The van der Waals surface area contributed by atoms with Crippen LogP contribution in [0.4, 0.5) is 5.69 Å². The zero-order chi connectivity index (χ0) is 29.3. The molecule has 7 heteroatoms. The SMILES string of the molecule is CCCCCCCCn1c(=O)c(OCCCCCC)c(OCC=C(C)CCC=C(C)C)c2ccc([N+](=O)[O-])cc21. The number of allylic oxidation sites excluding steroid dienone is 3. The summed E-state index contributed by atoms with van der Waals surface area (Å²) in [4.78, 5) is 25.0. The van der Waals surface area contributed by atoms with Gasteiger partial charge in [0.15, 0.2) is 5.75 Å². The first-order chi connectivity index (χ1) is 19.3. The first-order valence-electron chi connectivity index (χ1n) is 15.2. The number of benzene rings is 1. The van der Waals surface area contributed by atoms with Gasteiger partial charge >= 0.3 is 0 Å². The van der Waals surface area contributed by atoms with Crippen LogP contribution in [0, 0.1) is 10.1 Å². The Morgan fingerprint density at radius 2 is 1.57 bits per heavy atom. The minimum absolute atomic E-state index is 0.0437. The highest BCUT2D eigenvalue weighted by atomic mass is 16.6. The van der Waals surface area contributed by atoms with Crippen LogP contribution in [0.1, 0.15) is 112 Å². The Labute approximate surface area is 240 Å². The van der Waals surface area contributed by atoms with E-state index in [1.807, 2.05) is 6.08 Å². The van der Waals surface area contributed by atoms with Gasteiger partial charge in [0.2, 0.25) is 5.75 Å². The predicted octanol–water partition coefficient (Wildman–Crippen LogP) is 9.30. The summed E-state index contributed by atoms with van der Waals surface area (Å²) < 4.78 is 14.0. The van der Waals surface area contributed by atoms with E-state index in [0.29, 0.717) is 36.4 Å². The number of unbranched alkanes of at least 4 members (excludes halogenated alkanes) is 8. The van der Waals surface area contributed by atoms with Gasteiger partial charge in [0, 0.05) is 24.1 Å². The Hall–Kier alpha value is -3.09. The number of nitrogens with zero attached hydrogens (tertiary/aromatic N) is 2. The van der Waals surface area contributed by atoms with Crippen LogP contribution in [0.3, 0.4) is 0 Å². The number of aryl methyl sites for hydroxylation is 1. The lowest BCUT2D eigenvalue weighted by Crippen LogP contribution is -2.24. The lowest BCUT2D eigenvalue weighted by Gasteiger charge is -2.18. The molecular formula is C33H50N2O5. The Balaban J connectivity index is 2.44. The maximum Gasteiger partial charge on any atom is 0.297 e. The van der Waals surface area contributed by atoms with Crippen LogP contribution >= 0.6 is 0 Å². The van der Waals surface area contributed by atoms with Gasteiger partial charge < -0.3 is 14.0 Å². The van der Waals surface area contributed by atoms with E-state index >= 15 is 0 Å². The minimum atomic E-state index is -0.420. The van der Waals surface area contributed by atoms with Crippen molar-refractivity contribution in [2.45, 2.75) is 118 Å². The van der Waals surface area contributed by atoms with Crippen LogP contribution in [0.25, 0.3) is 10.9 Å². The molecule has 0 unspecified atom stereocenters. The number of pyridine rings is 1. The molecule has 2 aromatic rings. The molecular weight excluding hydrogens is 504 g/mol. The smallest absolute Gasteiger partial charge is 0.297 e. The van der Waals surface area contributed by atoms with E-state index in [4.69, 9.17) is 9.47 Å². The van der Waals surface area contributed by atoms with E-state index in [0.717, 1.165) is 57.8 Å². The molecule has 0 bridgehead atoms. The fourth-order valence-corrected chi connectivity index (χ4v) is 4.70. The van der Waals surface area contributed by atoms with Crippen LogP contribution in [-0.2, 0) is 6.54 Å². The van der Waals surface area contributed by atoms with Crippen molar-refractivity contribution < 1.29 is 14.4 Å². The van der Waals surface area contributed by atoms with Crippen LogP contribution in [0.5, 0.6) is 11.5 Å². The molecule has 40 heavy (non-hydrogen) atoms. The molecule has 1 heterocycles. The molecule has 0 radical (unpaired) electrons. The molecule has 0 saturated carbocycles. The second kappa shape index (κ2) is 18.3. The number of hydrogen-bond acceptors (Lipinski definition) is 5. The maximum atomic E-state index is 13.8. The van der Waals surface area contributed by atoms with Crippen molar-refractivity contribution in [3.8, 4) is 11.5 Å². The van der Waals surface area contributed by atoms with Crippen molar-refractivity contribution in [1.29, 1.82) is 0 Å². The molecule has 0 aliphatic carbocycles. The lowest BCUT2D eigenvalue weighted by atomic mass is 10.1. The number of aromatic nitrogens is 1. The zero-order valence-corrected chi connectivity index (χ0v) is 25.4. The minimum Gasteiger partial charge on any atom is -0.485 e. The first-order valence-corrected chi connectivity index (χ1v) is 15.2. The highest BCUT2D eigenvalue weighted by molar-refractivity contribution is 5.89. The summed E-state index contributed by atoms with van der Waals surface area (Å²) in [5.74, 6) is 0.581. The molecule has 0 aliphatic heterocycles. The maximum absolute atomic E-state index is 13.8. The van der Waals surface area contributed by atoms with E-state index < -0.39 is 4.92 Å². The quantitative estimate of drug-likeness (QED) is 0.0705. The van der Waals surface area contributed by atoms with Gasteiger partial charge in [-0.1, -0.05) is 82.4 Å². The molecule has 1 aromatic carbocycles. The number of fused-ring (bicyclic) bond motifs is 1. The molecule has 0 aliphatic rings. The molecule has 0 spiro atoms. The van der Waals surface area contributed by atoms with Crippen molar-refractivity contribution in [2.24, 2.45) is 0 Å². The van der Waals surface area contributed by atoms with Crippen LogP contribution < -0.4 is 15.0 Å². The number of hydrogen-bond donors (Lipinski definition) is 0.